The van der Waals surface area contributed by atoms with Gasteiger partial charge in [0.2, 0.25) is 5.76 Å². The van der Waals surface area contributed by atoms with Gasteiger partial charge in [0, 0.05) is 12.8 Å². The first kappa shape index (κ1) is 15.4. The molecule has 7 nitrogen and oxygen atoms in total. The first-order chi connectivity index (χ1) is 12.7. The second-order valence-electron chi connectivity index (χ2n) is 6.84. The van der Waals surface area contributed by atoms with Crippen LogP contribution in [0, 0.1) is 12.8 Å². The van der Waals surface area contributed by atoms with E-state index in [0.717, 1.165) is 35.1 Å². The molecule has 0 unspecified atom stereocenters. The van der Waals surface area contributed by atoms with Crippen molar-refractivity contribution in [3.05, 3.63) is 41.2 Å². The zero-order chi connectivity index (χ0) is 17.5. The molecule has 0 spiro atoms. The van der Waals surface area contributed by atoms with Crippen LogP contribution in [0.25, 0.3) is 11.7 Å². The molecule has 3 aromatic rings. The van der Waals surface area contributed by atoms with Gasteiger partial charge in [0.1, 0.15) is 13.2 Å². The average molecular weight is 353 g/mol. The molecule has 0 N–H and O–H groups in total. The van der Waals surface area contributed by atoms with Gasteiger partial charge in [-0.25, -0.2) is 4.98 Å². The van der Waals surface area contributed by atoms with E-state index in [1.807, 2.05) is 25.1 Å². The molecule has 5 rings (SSSR count). The molecule has 1 aliphatic carbocycles. The third-order valence-corrected chi connectivity index (χ3v) is 4.63. The summed E-state index contributed by atoms with van der Waals surface area (Å²) in [4.78, 5) is 8.96. The molecule has 0 bridgehead atoms. The fourth-order valence-electron chi connectivity index (χ4n) is 3.11. The molecule has 2 aromatic heterocycles. The molecular formula is C19H19N3O4. The van der Waals surface area contributed by atoms with E-state index in [2.05, 4.69) is 15.1 Å². The Labute approximate surface area is 150 Å². The van der Waals surface area contributed by atoms with Crippen molar-refractivity contribution in [2.24, 2.45) is 5.92 Å². The summed E-state index contributed by atoms with van der Waals surface area (Å²) in [5.74, 6) is 4.55. The Morgan fingerprint density at radius 1 is 1.08 bits per heavy atom. The lowest BCUT2D eigenvalue weighted by atomic mass is 10.1. The average Bonchev–Trinajstić information content (AvgIpc) is 3.21. The molecule has 3 heterocycles. The topological polar surface area (TPSA) is 83.4 Å². The Hall–Kier alpha value is -2.83. The highest BCUT2D eigenvalue weighted by Gasteiger charge is 2.26. The predicted octanol–water partition coefficient (Wildman–Crippen LogP) is 3.35. The molecule has 2 aliphatic rings. The zero-order valence-corrected chi connectivity index (χ0v) is 14.5. The van der Waals surface area contributed by atoms with Crippen molar-refractivity contribution in [2.45, 2.75) is 32.6 Å². The van der Waals surface area contributed by atoms with E-state index in [-0.39, 0.29) is 0 Å². The lowest BCUT2D eigenvalue weighted by Crippen LogP contribution is -2.15. The fraction of sp³-hybridized carbons (Fsp3) is 0.421. The maximum Gasteiger partial charge on any atom is 0.295 e. The summed E-state index contributed by atoms with van der Waals surface area (Å²) in [5.41, 5.74) is 1.82. The molecule has 0 radical (unpaired) electrons. The van der Waals surface area contributed by atoms with Crippen LogP contribution in [0.15, 0.2) is 27.1 Å². The maximum atomic E-state index is 5.85. The van der Waals surface area contributed by atoms with E-state index < -0.39 is 0 Å². The Bertz CT molecular complexity index is 942. The third kappa shape index (κ3) is 3.05. The molecule has 7 heteroatoms. The molecule has 0 saturated heterocycles. The van der Waals surface area contributed by atoms with E-state index >= 15 is 0 Å². The van der Waals surface area contributed by atoms with Crippen molar-refractivity contribution in [1.29, 1.82) is 0 Å². The van der Waals surface area contributed by atoms with Gasteiger partial charge in [0.15, 0.2) is 23.2 Å². The van der Waals surface area contributed by atoms with Crippen molar-refractivity contribution in [3.63, 3.8) is 0 Å². The van der Waals surface area contributed by atoms with Crippen LogP contribution in [0.1, 0.15) is 35.8 Å². The van der Waals surface area contributed by atoms with Gasteiger partial charge in [0.25, 0.3) is 5.89 Å². The zero-order valence-electron chi connectivity index (χ0n) is 14.5. The summed E-state index contributed by atoms with van der Waals surface area (Å²) in [7, 11) is 0. The number of fused-ring (bicyclic) bond motifs is 1. The molecule has 0 amide bonds. The largest absolute Gasteiger partial charge is 0.486 e. The van der Waals surface area contributed by atoms with Crippen molar-refractivity contribution in [1.82, 2.24) is 15.1 Å². The van der Waals surface area contributed by atoms with Gasteiger partial charge in [0.05, 0.1) is 5.69 Å². The number of aromatic nitrogens is 3. The number of hydrogen-bond acceptors (Lipinski definition) is 7. The molecule has 1 aromatic carbocycles. The minimum atomic E-state index is 0.379. The van der Waals surface area contributed by atoms with Crippen LogP contribution in [0.4, 0.5) is 0 Å². The summed E-state index contributed by atoms with van der Waals surface area (Å²) in [6.45, 7) is 3.05. The van der Waals surface area contributed by atoms with Gasteiger partial charge in [-0.15, -0.1) is 0 Å². The van der Waals surface area contributed by atoms with E-state index in [1.54, 1.807) is 0 Å². The third-order valence-electron chi connectivity index (χ3n) is 4.63. The molecular weight excluding hydrogens is 334 g/mol. The summed E-state index contributed by atoms with van der Waals surface area (Å²) in [6, 6.07) is 5.85. The first-order valence-electron chi connectivity index (χ1n) is 8.92. The summed E-state index contributed by atoms with van der Waals surface area (Å²) >= 11 is 0. The van der Waals surface area contributed by atoms with Gasteiger partial charge in [-0.05, 0) is 43.4 Å². The van der Waals surface area contributed by atoms with Gasteiger partial charge >= 0.3 is 0 Å². The highest BCUT2D eigenvalue weighted by Crippen LogP contribution is 2.34. The van der Waals surface area contributed by atoms with Crippen LogP contribution < -0.4 is 9.47 Å². The Morgan fingerprint density at radius 3 is 2.77 bits per heavy atom. The van der Waals surface area contributed by atoms with E-state index in [4.69, 9.17) is 18.4 Å². The fourth-order valence-corrected chi connectivity index (χ4v) is 3.11. The van der Waals surface area contributed by atoms with Crippen LogP contribution in [-0.4, -0.2) is 28.3 Å². The van der Waals surface area contributed by atoms with E-state index in [9.17, 15) is 0 Å². The van der Waals surface area contributed by atoms with Crippen LogP contribution in [0.3, 0.4) is 0 Å². The quantitative estimate of drug-likeness (QED) is 0.695. The smallest absolute Gasteiger partial charge is 0.295 e. The molecule has 1 aliphatic heterocycles. The van der Waals surface area contributed by atoms with Crippen LogP contribution in [0.2, 0.25) is 0 Å². The SMILES string of the molecule is Cc1nc(CC2CC2)oc1-c1nc(Cc2ccc3c(c2)OCCO3)no1. The summed E-state index contributed by atoms with van der Waals surface area (Å²) in [5, 5.41) is 4.08. The molecule has 26 heavy (non-hydrogen) atoms. The summed E-state index contributed by atoms with van der Waals surface area (Å²) < 4.78 is 22.4. The number of oxazole rings is 1. The van der Waals surface area contributed by atoms with E-state index in [0.29, 0.717) is 43.0 Å². The lowest BCUT2D eigenvalue weighted by Gasteiger charge is -2.18. The van der Waals surface area contributed by atoms with Crippen LogP contribution in [-0.2, 0) is 12.8 Å². The minimum absolute atomic E-state index is 0.379. The highest BCUT2D eigenvalue weighted by molar-refractivity contribution is 5.48. The molecule has 1 fully saturated rings. The van der Waals surface area contributed by atoms with Gasteiger partial charge in [-0.1, -0.05) is 11.2 Å². The highest BCUT2D eigenvalue weighted by atomic mass is 16.6. The standard InChI is InChI=1S/C19H19N3O4/c1-11-18(25-17(20-11)10-12-2-3-12)19-21-16(22-26-19)9-13-4-5-14-15(8-13)24-7-6-23-14/h4-5,8,12H,2-3,6-7,9-10H2,1H3. The number of hydrogen-bond donors (Lipinski definition) is 0. The summed E-state index contributed by atoms with van der Waals surface area (Å²) in [6.07, 6.45) is 3.95. The van der Waals surface area contributed by atoms with Crippen LogP contribution >= 0.6 is 0 Å². The van der Waals surface area contributed by atoms with Crippen LogP contribution in [0.5, 0.6) is 11.5 Å². The number of nitrogens with zero attached hydrogens (tertiary/aromatic N) is 3. The Kier molecular flexibility index (Phi) is 3.65. The monoisotopic (exact) mass is 353 g/mol. The number of aryl methyl sites for hydroxylation is 1. The van der Waals surface area contributed by atoms with Crippen molar-refractivity contribution in [2.75, 3.05) is 13.2 Å². The lowest BCUT2D eigenvalue weighted by molar-refractivity contribution is 0.171. The Balaban J connectivity index is 1.34. The van der Waals surface area contributed by atoms with Gasteiger partial charge in [-0.3, -0.25) is 0 Å². The predicted molar refractivity (Wildman–Crippen MR) is 91.2 cm³/mol. The molecule has 134 valence electrons. The number of benzene rings is 1. The number of rotatable bonds is 5. The number of ether oxygens (including phenoxy) is 2. The van der Waals surface area contributed by atoms with Crippen molar-refractivity contribution >= 4 is 0 Å². The van der Waals surface area contributed by atoms with E-state index in [1.165, 1.54) is 12.8 Å². The second kappa shape index (κ2) is 6.16. The normalized spacial score (nSPS) is 16.0. The second-order valence-corrected chi connectivity index (χ2v) is 6.84. The Morgan fingerprint density at radius 2 is 1.92 bits per heavy atom. The first-order valence-corrected chi connectivity index (χ1v) is 8.92. The maximum absolute atomic E-state index is 5.85. The van der Waals surface area contributed by atoms with Gasteiger partial charge < -0.3 is 18.4 Å². The van der Waals surface area contributed by atoms with Gasteiger partial charge in [-0.2, -0.15) is 4.98 Å². The van der Waals surface area contributed by atoms with Crippen molar-refractivity contribution < 1.29 is 18.4 Å². The molecule has 1 saturated carbocycles. The molecule has 0 atom stereocenters. The van der Waals surface area contributed by atoms with Crippen molar-refractivity contribution in [3.8, 4) is 23.1 Å². The minimum Gasteiger partial charge on any atom is -0.486 e.